The van der Waals surface area contributed by atoms with Crippen molar-refractivity contribution in [2.24, 2.45) is 0 Å². The Kier molecular flexibility index (Phi) is 3.20. The van der Waals surface area contributed by atoms with Crippen molar-refractivity contribution in [3.05, 3.63) is 29.3 Å². The van der Waals surface area contributed by atoms with Gasteiger partial charge in [-0.2, -0.15) is 5.26 Å². The lowest BCUT2D eigenvalue weighted by Gasteiger charge is -1.98. The molecule has 0 saturated carbocycles. The third kappa shape index (κ3) is 1.89. The van der Waals surface area contributed by atoms with Gasteiger partial charge in [-0.15, -0.1) is 0 Å². The number of nitrogens with zero attached hydrogens (tertiary/aromatic N) is 1. The van der Waals surface area contributed by atoms with E-state index in [0.717, 1.165) is 0 Å². The van der Waals surface area contributed by atoms with Crippen LogP contribution in [0.1, 0.15) is 22.8 Å². The molecule has 1 aromatic heterocycles. The lowest BCUT2D eigenvalue weighted by molar-refractivity contribution is 0.0601. The minimum absolute atomic E-state index is 0.394. The standard InChI is InChI=1S/C13H12N2O3/c1-3-15-12-10(7-14)9-6-8(13(16)17-2)4-5-11(9)18-12/h4-6,15H,3H2,1-2H3. The first-order valence-corrected chi connectivity index (χ1v) is 5.50. The summed E-state index contributed by atoms with van der Waals surface area (Å²) in [4.78, 5) is 11.4. The number of hydrogen-bond acceptors (Lipinski definition) is 5. The molecule has 0 unspecified atom stereocenters. The van der Waals surface area contributed by atoms with E-state index in [1.165, 1.54) is 7.11 Å². The molecule has 2 aromatic rings. The maximum Gasteiger partial charge on any atom is 0.337 e. The van der Waals surface area contributed by atoms with Crippen LogP contribution < -0.4 is 5.32 Å². The fraction of sp³-hybridized carbons (Fsp3) is 0.231. The van der Waals surface area contributed by atoms with Crippen molar-refractivity contribution in [1.82, 2.24) is 0 Å². The number of carbonyl (C=O) groups is 1. The van der Waals surface area contributed by atoms with E-state index in [-0.39, 0.29) is 0 Å². The number of fused-ring (bicyclic) bond motifs is 1. The van der Waals surface area contributed by atoms with Crippen LogP contribution in [0.15, 0.2) is 22.6 Å². The second-order valence-corrected chi connectivity index (χ2v) is 3.65. The third-order valence-electron chi connectivity index (χ3n) is 2.56. The molecule has 0 aliphatic heterocycles. The van der Waals surface area contributed by atoms with E-state index in [2.05, 4.69) is 16.1 Å². The summed E-state index contributed by atoms with van der Waals surface area (Å²) >= 11 is 0. The highest BCUT2D eigenvalue weighted by Gasteiger charge is 2.15. The second-order valence-electron chi connectivity index (χ2n) is 3.65. The molecule has 1 heterocycles. The lowest BCUT2D eigenvalue weighted by Crippen LogP contribution is -2.00. The summed E-state index contributed by atoms with van der Waals surface area (Å²) in [5, 5.41) is 12.7. The number of nitrogens with one attached hydrogen (secondary N) is 1. The molecule has 0 saturated heterocycles. The van der Waals surface area contributed by atoms with Crippen molar-refractivity contribution in [2.75, 3.05) is 19.0 Å². The van der Waals surface area contributed by atoms with Crippen molar-refractivity contribution in [1.29, 1.82) is 5.26 Å². The molecule has 0 aliphatic rings. The average Bonchev–Trinajstić information content (AvgIpc) is 2.74. The van der Waals surface area contributed by atoms with Crippen molar-refractivity contribution < 1.29 is 13.9 Å². The van der Waals surface area contributed by atoms with E-state index < -0.39 is 5.97 Å². The number of benzene rings is 1. The Balaban J connectivity index is 2.61. The lowest BCUT2D eigenvalue weighted by atomic mass is 10.1. The first-order chi connectivity index (χ1) is 8.71. The molecule has 1 N–H and O–H groups in total. The number of nitriles is 1. The van der Waals surface area contributed by atoms with Gasteiger partial charge in [-0.3, -0.25) is 0 Å². The zero-order valence-electron chi connectivity index (χ0n) is 10.1. The topological polar surface area (TPSA) is 75.3 Å². The highest BCUT2D eigenvalue weighted by molar-refractivity contribution is 5.97. The van der Waals surface area contributed by atoms with Crippen LogP contribution in [-0.2, 0) is 4.74 Å². The van der Waals surface area contributed by atoms with Gasteiger partial charge in [0, 0.05) is 11.9 Å². The maximum absolute atomic E-state index is 11.4. The van der Waals surface area contributed by atoms with Gasteiger partial charge in [-0.05, 0) is 25.1 Å². The Morgan fingerprint density at radius 1 is 1.56 bits per heavy atom. The van der Waals surface area contributed by atoms with Gasteiger partial charge in [0.05, 0.1) is 12.7 Å². The largest absolute Gasteiger partial charge is 0.465 e. The van der Waals surface area contributed by atoms with Gasteiger partial charge in [0.25, 0.3) is 0 Å². The molecule has 0 radical (unpaired) electrons. The number of carbonyl (C=O) groups excluding carboxylic acids is 1. The number of anilines is 1. The number of ether oxygens (including phenoxy) is 1. The molecule has 0 bridgehead atoms. The Morgan fingerprint density at radius 3 is 2.94 bits per heavy atom. The highest BCUT2D eigenvalue weighted by atomic mass is 16.5. The molecular weight excluding hydrogens is 232 g/mol. The predicted molar refractivity (Wildman–Crippen MR) is 66.4 cm³/mol. The summed E-state index contributed by atoms with van der Waals surface area (Å²) < 4.78 is 10.2. The fourth-order valence-corrected chi connectivity index (χ4v) is 1.74. The summed E-state index contributed by atoms with van der Waals surface area (Å²) in [6.45, 7) is 2.56. The van der Waals surface area contributed by atoms with Gasteiger partial charge < -0.3 is 14.5 Å². The Morgan fingerprint density at radius 2 is 2.33 bits per heavy atom. The van der Waals surface area contributed by atoms with Gasteiger partial charge >= 0.3 is 5.97 Å². The van der Waals surface area contributed by atoms with E-state index >= 15 is 0 Å². The van der Waals surface area contributed by atoms with Crippen LogP contribution in [-0.4, -0.2) is 19.6 Å². The van der Waals surface area contributed by atoms with E-state index in [0.29, 0.717) is 34.5 Å². The molecular formula is C13H12N2O3. The highest BCUT2D eigenvalue weighted by Crippen LogP contribution is 2.30. The van der Waals surface area contributed by atoms with Crippen LogP contribution >= 0.6 is 0 Å². The molecule has 0 spiro atoms. The van der Waals surface area contributed by atoms with Gasteiger partial charge in [-0.25, -0.2) is 4.79 Å². The molecule has 92 valence electrons. The van der Waals surface area contributed by atoms with Gasteiger partial charge in [0.2, 0.25) is 5.88 Å². The van der Waals surface area contributed by atoms with E-state index in [1.807, 2.05) is 6.92 Å². The van der Waals surface area contributed by atoms with Gasteiger partial charge in [0.15, 0.2) is 0 Å². The molecule has 2 rings (SSSR count). The molecule has 0 fully saturated rings. The zero-order valence-corrected chi connectivity index (χ0v) is 10.1. The van der Waals surface area contributed by atoms with Gasteiger partial charge in [0.1, 0.15) is 17.2 Å². The molecule has 0 aliphatic carbocycles. The first-order valence-electron chi connectivity index (χ1n) is 5.50. The maximum atomic E-state index is 11.4. The number of esters is 1. The third-order valence-corrected chi connectivity index (χ3v) is 2.56. The summed E-state index contributed by atoms with van der Waals surface area (Å²) in [7, 11) is 1.32. The molecule has 0 amide bonds. The van der Waals surface area contributed by atoms with Crippen molar-refractivity contribution in [3.63, 3.8) is 0 Å². The van der Waals surface area contributed by atoms with E-state index in [9.17, 15) is 4.79 Å². The molecule has 0 atom stereocenters. The van der Waals surface area contributed by atoms with Crippen molar-refractivity contribution >= 4 is 22.8 Å². The first kappa shape index (κ1) is 12.0. The number of rotatable bonds is 3. The SMILES string of the molecule is CCNc1oc2ccc(C(=O)OC)cc2c1C#N. The quantitative estimate of drug-likeness (QED) is 0.839. The van der Waals surface area contributed by atoms with Crippen LogP contribution in [0.3, 0.4) is 0 Å². The minimum Gasteiger partial charge on any atom is -0.465 e. The van der Waals surface area contributed by atoms with Crippen LogP contribution in [0.25, 0.3) is 11.0 Å². The smallest absolute Gasteiger partial charge is 0.337 e. The second kappa shape index (κ2) is 4.80. The van der Waals surface area contributed by atoms with Crippen LogP contribution in [0.2, 0.25) is 0 Å². The fourth-order valence-electron chi connectivity index (χ4n) is 1.74. The van der Waals surface area contributed by atoms with Crippen molar-refractivity contribution in [2.45, 2.75) is 6.92 Å². The predicted octanol–water partition coefficient (Wildman–Crippen LogP) is 2.52. The monoisotopic (exact) mass is 244 g/mol. The Bertz CT molecular complexity index is 637. The molecule has 5 nitrogen and oxygen atoms in total. The van der Waals surface area contributed by atoms with E-state index in [4.69, 9.17) is 9.68 Å². The molecule has 18 heavy (non-hydrogen) atoms. The molecule has 5 heteroatoms. The zero-order chi connectivity index (χ0) is 13.1. The summed E-state index contributed by atoms with van der Waals surface area (Å²) in [6, 6.07) is 6.94. The normalized spacial score (nSPS) is 10.1. The minimum atomic E-state index is -0.438. The summed E-state index contributed by atoms with van der Waals surface area (Å²) in [5.74, 6) is -0.0102. The van der Waals surface area contributed by atoms with Crippen LogP contribution in [0, 0.1) is 11.3 Å². The number of methoxy groups -OCH3 is 1. The average molecular weight is 244 g/mol. The number of hydrogen-bond donors (Lipinski definition) is 1. The van der Waals surface area contributed by atoms with Gasteiger partial charge in [-0.1, -0.05) is 0 Å². The molecule has 1 aromatic carbocycles. The Labute approximate surface area is 104 Å². The van der Waals surface area contributed by atoms with Crippen molar-refractivity contribution in [3.8, 4) is 6.07 Å². The summed E-state index contributed by atoms with van der Waals surface area (Å²) in [5.41, 5.74) is 1.36. The Hall–Kier alpha value is -2.48. The van der Waals surface area contributed by atoms with Crippen LogP contribution in [0.5, 0.6) is 0 Å². The van der Waals surface area contributed by atoms with Crippen LogP contribution in [0.4, 0.5) is 5.88 Å². The van der Waals surface area contributed by atoms with E-state index in [1.54, 1.807) is 18.2 Å². The summed E-state index contributed by atoms with van der Waals surface area (Å²) in [6.07, 6.45) is 0. The number of furan rings is 1.